The molecule has 2 heterocycles. The molecule has 0 amide bonds. The molecule has 1 unspecified atom stereocenters. The Bertz CT molecular complexity index is 879. The number of aliphatic hydroxyl groups is 3. The molecule has 8 atom stereocenters. The quantitative estimate of drug-likeness (QED) is 0.267. The number of cyclic esters (lactones) is 1. The average Bonchev–Trinajstić information content (AvgIpc) is 3.49. The first-order chi connectivity index (χ1) is 16.0. The van der Waals surface area contributed by atoms with Crippen molar-refractivity contribution in [2.75, 3.05) is 19.8 Å². The van der Waals surface area contributed by atoms with Crippen LogP contribution in [0.3, 0.4) is 0 Å². The molecule has 3 N–H and O–H groups in total. The van der Waals surface area contributed by atoms with Gasteiger partial charge in [0.2, 0.25) is 6.29 Å². The summed E-state index contributed by atoms with van der Waals surface area (Å²) in [7, 11) is 0. The van der Waals surface area contributed by atoms with Crippen LogP contribution in [0.2, 0.25) is 0 Å². The first kappa shape index (κ1) is 25.1. The lowest BCUT2D eigenvalue weighted by Gasteiger charge is -2.63. The Morgan fingerprint density at radius 3 is 2.29 bits per heavy atom. The normalized spacial score (nSPS) is 43.1. The van der Waals surface area contributed by atoms with Gasteiger partial charge >= 0.3 is 17.9 Å². The van der Waals surface area contributed by atoms with E-state index in [4.69, 9.17) is 18.9 Å². The van der Waals surface area contributed by atoms with Crippen molar-refractivity contribution in [3.05, 3.63) is 11.6 Å². The SMILES string of the molecule is CC(=O)OC[C@]1(CCC2=CC(O)OC2=O)[C@H](C)C[C@H](O)[C@]2(COC(C)=O)[C@@H]1CC[C@H](O)[C@]21CO1. The number of epoxide rings is 1. The summed E-state index contributed by atoms with van der Waals surface area (Å²) in [6.45, 7) is 4.72. The van der Waals surface area contributed by atoms with E-state index in [-0.39, 0.29) is 38.1 Å². The van der Waals surface area contributed by atoms with E-state index < -0.39 is 52.8 Å². The molecule has 1 saturated heterocycles. The van der Waals surface area contributed by atoms with Gasteiger partial charge in [-0.25, -0.2) is 4.79 Å². The monoisotopic (exact) mass is 482 g/mol. The van der Waals surface area contributed by atoms with Crippen LogP contribution in [-0.4, -0.2) is 77.1 Å². The fourth-order valence-electron chi connectivity index (χ4n) is 6.92. The Balaban J connectivity index is 1.77. The Morgan fingerprint density at radius 2 is 1.74 bits per heavy atom. The molecule has 4 rings (SSSR count). The summed E-state index contributed by atoms with van der Waals surface area (Å²) in [5.74, 6) is -2.02. The van der Waals surface area contributed by atoms with Gasteiger partial charge in [-0.05, 0) is 50.0 Å². The standard InChI is InChI=1S/C24H34O10/c1-13-8-19(28)23(11-32-15(3)26)17(4-5-18(27)24(23)12-33-24)22(13,10-31-14(2)25)7-6-16-9-20(29)34-21(16)30/h9,13,17-20,27-29H,4-8,10-12H2,1-3H3/t13-,17-,18+,19+,20?,22-,23+,24-/m1/s1. The number of ether oxygens (including phenoxy) is 4. The highest BCUT2D eigenvalue weighted by Gasteiger charge is 2.77. The summed E-state index contributed by atoms with van der Waals surface area (Å²) < 4.78 is 21.7. The third-order valence-electron chi connectivity index (χ3n) is 8.73. The number of hydrogen-bond acceptors (Lipinski definition) is 10. The Kier molecular flexibility index (Phi) is 6.56. The first-order valence-corrected chi connectivity index (χ1v) is 11.8. The summed E-state index contributed by atoms with van der Waals surface area (Å²) in [5.41, 5.74) is -2.54. The van der Waals surface area contributed by atoms with Gasteiger partial charge in [-0.3, -0.25) is 9.59 Å². The van der Waals surface area contributed by atoms with Crippen LogP contribution in [0, 0.1) is 22.7 Å². The van der Waals surface area contributed by atoms with Crippen LogP contribution in [0.15, 0.2) is 11.6 Å². The molecule has 4 aliphatic rings. The van der Waals surface area contributed by atoms with Crippen LogP contribution in [0.4, 0.5) is 0 Å². The maximum atomic E-state index is 12.2. The predicted molar refractivity (Wildman–Crippen MR) is 115 cm³/mol. The molecule has 3 fully saturated rings. The summed E-state index contributed by atoms with van der Waals surface area (Å²) in [6, 6.07) is 0. The van der Waals surface area contributed by atoms with E-state index in [1.54, 1.807) is 0 Å². The number of carbonyl (C=O) groups excluding carboxylic acids is 3. The molecule has 2 saturated carbocycles. The van der Waals surface area contributed by atoms with Crippen molar-refractivity contribution in [3.63, 3.8) is 0 Å². The molecule has 190 valence electrons. The molecule has 0 bridgehead atoms. The second kappa shape index (κ2) is 8.89. The molecule has 10 nitrogen and oxygen atoms in total. The van der Waals surface area contributed by atoms with Gasteiger partial charge < -0.3 is 34.3 Å². The van der Waals surface area contributed by atoms with Crippen molar-refractivity contribution < 1.29 is 48.7 Å². The van der Waals surface area contributed by atoms with Crippen LogP contribution in [0.1, 0.15) is 52.9 Å². The zero-order valence-electron chi connectivity index (χ0n) is 19.8. The molecule has 2 aliphatic carbocycles. The summed E-state index contributed by atoms with van der Waals surface area (Å²) in [4.78, 5) is 35.9. The lowest BCUT2D eigenvalue weighted by atomic mass is 9.42. The Morgan fingerprint density at radius 1 is 1.09 bits per heavy atom. The first-order valence-electron chi connectivity index (χ1n) is 11.8. The summed E-state index contributed by atoms with van der Waals surface area (Å²) >= 11 is 0. The highest BCUT2D eigenvalue weighted by atomic mass is 16.6. The van der Waals surface area contributed by atoms with E-state index in [1.807, 2.05) is 6.92 Å². The zero-order chi connectivity index (χ0) is 24.9. The Hall–Kier alpha value is -2.01. The number of hydrogen-bond donors (Lipinski definition) is 3. The van der Waals surface area contributed by atoms with Crippen LogP contribution in [0.5, 0.6) is 0 Å². The number of fused-ring (bicyclic) bond motifs is 2. The maximum absolute atomic E-state index is 12.2. The minimum Gasteiger partial charge on any atom is -0.465 e. The Labute approximate surface area is 198 Å². The van der Waals surface area contributed by atoms with Crippen molar-refractivity contribution in [3.8, 4) is 0 Å². The number of carbonyl (C=O) groups is 3. The molecule has 34 heavy (non-hydrogen) atoms. The van der Waals surface area contributed by atoms with E-state index in [0.717, 1.165) is 0 Å². The van der Waals surface area contributed by atoms with Crippen LogP contribution >= 0.6 is 0 Å². The van der Waals surface area contributed by atoms with Crippen molar-refractivity contribution in [2.24, 2.45) is 22.7 Å². The van der Waals surface area contributed by atoms with Crippen LogP contribution in [0.25, 0.3) is 0 Å². The number of esters is 3. The van der Waals surface area contributed by atoms with Gasteiger partial charge in [0.1, 0.15) is 12.2 Å². The molecule has 0 aromatic rings. The van der Waals surface area contributed by atoms with E-state index >= 15 is 0 Å². The third kappa shape index (κ3) is 3.84. The predicted octanol–water partition coefficient (Wildman–Crippen LogP) is 0.608. The lowest BCUT2D eigenvalue weighted by molar-refractivity contribution is -0.249. The molecular formula is C24H34O10. The van der Waals surface area contributed by atoms with Crippen LogP contribution < -0.4 is 0 Å². The van der Waals surface area contributed by atoms with E-state index in [9.17, 15) is 29.7 Å². The van der Waals surface area contributed by atoms with Gasteiger partial charge in [0.15, 0.2) is 0 Å². The molecule has 2 aliphatic heterocycles. The molecule has 10 heteroatoms. The van der Waals surface area contributed by atoms with Gasteiger partial charge in [-0.2, -0.15) is 0 Å². The fraction of sp³-hybridized carbons (Fsp3) is 0.792. The minimum atomic E-state index is -1.28. The molecular weight excluding hydrogens is 448 g/mol. The van der Waals surface area contributed by atoms with Gasteiger partial charge in [0, 0.05) is 24.8 Å². The average molecular weight is 483 g/mol. The van der Waals surface area contributed by atoms with Crippen LogP contribution in [-0.2, 0) is 33.3 Å². The summed E-state index contributed by atoms with van der Waals surface area (Å²) in [6.07, 6.45) is 0.209. The topological polar surface area (TPSA) is 152 Å². The molecule has 0 aromatic carbocycles. The second-order valence-corrected chi connectivity index (χ2v) is 10.3. The molecule has 0 aromatic heterocycles. The van der Waals surface area contributed by atoms with Gasteiger partial charge in [-0.1, -0.05) is 6.92 Å². The lowest BCUT2D eigenvalue weighted by Crippen LogP contribution is -2.70. The second-order valence-electron chi connectivity index (χ2n) is 10.3. The smallest absolute Gasteiger partial charge is 0.336 e. The van der Waals surface area contributed by atoms with Crippen molar-refractivity contribution in [1.29, 1.82) is 0 Å². The maximum Gasteiger partial charge on any atom is 0.336 e. The zero-order valence-corrected chi connectivity index (χ0v) is 19.8. The molecule has 1 spiro atoms. The largest absolute Gasteiger partial charge is 0.465 e. The highest BCUT2D eigenvalue weighted by molar-refractivity contribution is 5.90. The number of rotatable bonds is 7. The fourth-order valence-corrected chi connectivity index (χ4v) is 6.92. The van der Waals surface area contributed by atoms with Gasteiger partial charge in [0.25, 0.3) is 0 Å². The van der Waals surface area contributed by atoms with E-state index in [1.165, 1.54) is 19.9 Å². The van der Waals surface area contributed by atoms with E-state index in [0.29, 0.717) is 31.3 Å². The minimum absolute atomic E-state index is 0.0414. The van der Waals surface area contributed by atoms with Gasteiger partial charge in [0.05, 0.1) is 30.8 Å². The number of aliphatic hydroxyl groups excluding tert-OH is 3. The summed E-state index contributed by atoms with van der Waals surface area (Å²) in [5, 5.41) is 32.1. The van der Waals surface area contributed by atoms with Crippen molar-refractivity contribution >= 4 is 17.9 Å². The third-order valence-corrected chi connectivity index (χ3v) is 8.73. The molecule has 0 radical (unpaired) electrons. The van der Waals surface area contributed by atoms with Crippen molar-refractivity contribution in [2.45, 2.75) is 77.0 Å². The van der Waals surface area contributed by atoms with Crippen molar-refractivity contribution in [1.82, 2.24) is 0 Å². The highest BCUT2D eigenvalue weighted by Crippen LogP contribution is 2.68. The van der Waals surface area contributed by atoms with E-state index in [2.05, 4.69) is 0 Å². The van der Waals surface area contributed by atoms with Gasteiger partial charge in [-0.15, -0.1) is 0 Å².